The SMILES string of the molecule is CC1(C)Oc2ccccc2C1NC(=O)c1ccc2c(c1)CCCO2. The van der Waals surface area contributed by atoms with Gasteiger partial charge in [-0.2, -0.15) is 0 Å². The summed E-state index contributed by atoms with van der Waals surface area (Å²) in [5, 5.41) is 3.14. The third-order valence-corrected chi connectivity index (χ3v) is 4.74. The maximum absolute atomic E-state index is 12.8. The number of rotatable bonds is 2. The van der Waals surface area contributed by atoms with E-state index in [-0.39, 0.29) is 11.9 Å². The molecule has 0 spiro atoms. The Hall–Kier alpha value is -2.49. The minimum Gasteiger partial charge on any atom is -0.493 e. The molecule has 4 nitrogen and oxygen atoms in total. The molecule has 2 heterocycles. The molecular weight excluding hydrogens is 302 g/mol. The predicted octanol–water partition coefficient (Wildman–Crippen LogP) is 3.65. The molecule has 1 unspecified atom stereocenters. The number of ether oxygens (including phenoxy) is 2. The van der Waals surface area contributed by atoms with E-state index in [2.05, 4.69) is 5.32 Å². The summed E-state index contributed by atoms with van der Waals surface area (Å²) in [5.74, 6) is 1.65. The first-order valence-electron chi connectivity index (χ1n) is 8.39. The van der Waals surface area contributed by atoms with Crippen molar-refractivity contribution < 1.29 is 14.3 Å². The van der Waals surface area contributed by atoms with Crippen molar-refractivity contribution in [3.8, 4) is 11.5 Å². The van der Waals surface area contributed by atoms with E-state index >= 15 is 0 Å². The Labute approximate surface area is 141 Å². The third-order valence-electron chi connectivity index (χ3n) is 4.74. The number of fused-ring (bicyclic) bond motifs is 2. The average Bonchev–Trinajstić information content (AvgIpc) is 2.84. The Bertz CT molecular complexity index is 797. The molecule has 1 N–H and O–H groups in total. The fraction of sp³-hybridized carbons (Fsp3) is 0.350. The van der Waals surface area contributed by atoms with Crippen LogP contribution in [0.2, 0.25) is 0 Å². The van der Waals surface area contributed by atoms with Crippen molar-refractivity contribution in [3.63, 3.8) is 0 Å². The maximum atomic E-state index is 12.8. The van der Waals surface area contributed by atoms with Crippen LogP contribution in [0.5, 0.6) is 11.5 Å². The van der Waals surface area contributed by atoms with Gasteiger partial charge in [-0.3, -0.25) is 4.79 Å². The number of benzene rings is 2. The van der Waals surface area contributed by atoms with Gasteiger partial charge in [-0.1, -0.05) is 18.2 Å². The topological polar surface area (TPSA) is 47.6 Å². The number of hydrogen-bond donors (Lipinski definition) is 1. The molecule has 0 aromatic heterocycles. The van der Waals surface area contributed by atoms with Gasteiger partial charge in [0.05, 0.1) is 12.6 Å². The summed E-state index contributed by atoms with van der Waals surface area (Å²) in [7, 11) is 0. The summed E-state index contributed by atoms with van der Waals surface area (Å²) in [6, 6.07) is 13.4. The van der Waals surface area contributed by atoms with Crippen molar-refractivity contribution in [2.24, 2.45) is 0 Å². The standard InChI is InChI=1S/C20H21NO3/c1-20(2)18(15-7-3-4-8-17(15)24-20)21-19(22)14-9-10-16-13(12-14)6-5-11-23-16/h3-4,7-10,12,18H,5-6,11H2,1-2H3,(H,21,22). The van der Waals surface area contributed by atoms with Crippen molar-refractivity contribution >= 4 is 5.91 Å². The van der Waals surface area contributed by atoms with Gasteiger partial charge >= 0.3 is 0 Å². The molecule has 0 aliphatic carbocycles. The van der Waals surface area contributed by atoms with Crippen LogP contribution in [0.4, 0.5) is 0 Å². The molecule has 2 aliphatic heterocycles. The van der Waals surface area contributed by atoms with Gasteiger partial charge in [-0.25, -0.2) is 0 Å². The van der Waals surface area contributed by atoms with Gasteiger partial charge in [0.25, 0.3) is 5.91 Å². The molecule has 124 valence electrons. The second-order valence-electron chi connectivity index (χ2n) is 6.92. The lowest BCUT2D eigenvalue weighted by atomic mass is 9.94. The van der Waals surface area contributed by atoms with Crippen LogP contribution in [0.3, 0.4) is 0 Å². The first kappa shape index (κ1) is 15.1. The summed E-state index contributed by atoms with van der Waals surface area (Å²) < 4.78 is 11.6. The lowest BCUT2D eigenvalue weighted by Crippen LogP contribution is -2.41. The summed E-state index contributed by atoms with van der Waals surface area (Å²) in [5.41, 5.74) is 2.32. The zero-order valence-corrected chi connectivity index (χ0v) is 14.0. The molecular formula is C20H21NO3. The van der Waals surface area contributed by atoms with Crippen LogP contribution in [-0.2, 0) is 6.42 Å². The Morgan fingerprint density at radius 1 is 1.17 bits per heavy atom. The van der Waals surface area contributed by atoms with Crippen LogP contribution < -0.4 is 14.8 Å². The predicted molar refractivity (Wildman–Crippen MR) is 91.6 cm³/mol. The first-order valence-corrected chi connectivity index (χ1v) is 8.39. The second-order valence-corrected chi connectivity index (χ2v) is 6.92. The molecule has 4 rings (SSSR count). The molecule has 1 atom stereocenters. The van der Waals surface area contributed by atoms with Crippen molar-refractivity contribution in [3.05, 3.63) is 59.2 Å². The highest BCUT2D eigenvalue weighted by Crippen LogP contribution is 2.42. The van der Waals surface area contributed by atoms with Crippen LogP contribution in [0.25, 0.3) is 0 Å². The Kier molecular flexibility index (Phi) is 3.48. The quantitative estimate of drug-likeness (QED) is 0.917. The van der Waals surface area contributed by atoms with Gasteiger partial charge in [0.2, 0.25) is 0 Å². The lowest BCUT2D eigenvalue weighted by Gasteiger charge is -2.27. The Morgan fingerprint density at radius 3 is 2.88 bits per heavy atom. The fourth-order valence-electron chi connectivity index (χ4n) is 3.50. The molecule has 2 aromatic rings. The van der Waals surface area contributed by atoms with E-state index < -0.39 is 5.60 Å². The van der Waals surface area contributed by atoms with E-state index in [1.807, 2.05) is 56.3 Å². The molecule has 1 amide bonds. The van der Waals surface area contributed by atoms with Crippen molar-refractivity contribution in [1.82, 2.24) is 5.32 Å². The molecule has 0 fully saturated rings. The number of carbonyl (C=O) groups is 1. The van der Waals surface area contributed by atoms with Crippen molar-refractivity contribution in [1.29, 1.82) is 0 Å². The number of aryl methyl sites for hydroxylation is 1. The number of para-hydroxylation sites is 1. The molecule has 24 heavy (non-hydrogen) atoms. The van der Waals surface area contributed by atoms with Gasteiger partial charge in [-0.15, -0.1) is 0 Å². The monoisotopic (exact) mass is 323 g/mol. The summed E-state index contributed by atoms with van der Waals surface area (Å²) >= 11 is 0. The Morgan fingerprint density at radius 2 is 2.00 bits per heavy atom. The first-order chi connectivity index (χ1) is 11.5. The molecule has 2 aromatic carbocycles. The third kappa shape index (κ3) is 2.52. The molecule has 0 saturated carbocycles. The van der Waals surface area contributed by atoms with Crippen LogP contribution in [-0.4, -0.2) is 18.1 Å². The number of carbonyl (C=O) groups excluding carboxylic acids is 1. The fourth-order valence-corrected chi connectivity index (χ4v) is 3.50. The zero-order chi connectivity index (χ0) is 16.7. The van der Waals surface area contributed by atoms with Crippen LogP contribution >= 0.6 is 0 Å². The van der Waals surface area contributed by atoms with Gasteiger partial charge < -0.3 is 14.8 Å². The van der Waals surface area contributed by atoms with Crippen LogP contribution in [0.1, 0.15) is 47.8 Å². The lowest BCUT2D eigenvalue weighted by molar-refractivity contribution is 0.0749. The highest BCUT2D eigenvalue weighted by Gasteiger charge is 2.41. The number of hydrogen-bond acceptors (Lipinski definition) is 3. The molecule has 0 radical (unpaired) electrons. The van der Waals surface area contributed by atoms with Crippen molar-refractivity contribution in [2.45, 2.75) is 38.3 Å². The van der Waals surface area contributed by atoms with Gasteiger partial charge in [0.1, 0.15) is 17.1 Å². The highest BCUT2D eigenvalue weighted by molar-refractivity contribution is 5.95. The number of amides is 1. The van der Waals surface area contributed by atoms with E-state index in [0.29, 0.717) is 5.56 Å². The minimum absolute atomic E-state index is 0.0817. The molecule has 4 heteroatoms. The number of nitrogens with one attached hydrogen (secondary N) is 1. The largest absolute Gasteiger partial charge is 0.493 e. The molecule has 2 aliphatic rings. The second kappa shape index (κ2) is 5.55. The van der Waals surface area contributed by atoms with Gasteiger partial charge in [0.15, 0.2) is 0 Å². The normalized spacial score (nSPS) is 20.3. The zero-order valence-electron chi connectivity index (χ0n) is 14.0. The van der Waals surface area contributed by atoms with E-state index in [1.54, 1.807) is 0 Å². The van der Waals surface area contributed by atoms with E-state index in [0.717, 1.165) is 42.1 Å². The maximum Gasteiger partial charge on any atom is 0.251 e. The molecule has 0 bridgehead atoms. The summed E-state index contributed by atoms with van der Waals surface area (Å²) in [6.45, 7) is 4.75. The van der Waals surface area contributed by atoms with Crippen molar-refractivity contribution in [2.75, 3.05) is 6.61 Å². The minimum atomic E-state index is -0.476. The highest BCUT2D eigenvalue weighted by atomic mass is 16.5. The van der Waals surface area contributed by atoms with E-state index in [9.17, 15) is 4.79 Å². The van der Waals surface area contributed by atoms with Crippen LogP contribution in [0.15, 0.2) is 42.5 Å². The van der Waals surface area contributed by atoms with Crippen LogP contribution in [0, 0.1) is 0 Å². The Balaban J connectivity index is 1.60. The van der Waals surface area contributed by atoms with E-state index in [4.69, 9.17) is 9.47 Å². The molecule has 0 saturated heterocycles. The summed E-state index contributed by atoms with van der Waals surface area (Å²) in [4.78, 5) is 12.8. The summed E-state index contributed by atoms with van der Waals surface area (Å²) in [6.07, 6.45) is 1.95. The van der Waals surface area contributed by atoms with E-state index in [1.165, 1.54) is 0 Å². The smallest absolute Gasteiger partial charge is 0.251 e. The van der Waals surface area contributed by atoms with Gasteiger partial charge in [0, 0.05) is 11.1 Å². The van der Waals surface area contributed by atoms with Gasteiger partial charge in [-0.05, 0) is 56.5 Å². The average molecular weight is 323 g/mol.